The minimum absolute atomic E-state index is 0.344. The van der Waals surface area contributed by atoms with E-state index in [0.717, 1.165) is 0 Å². The molecule has 11 aromatic rings. The summed E-state index contributed by atoms with van der Waals surface area (Å²) in [5.41, 5.74) is -11.7. The summed E-state index contributed by atoms with van der Waals surface area (Å²) in [7, 11) is 0. The lowest BCUT2D eigenvalue weighted by Crippen LogP contribution is -2.10. The van der Waals surface area contributed by atoms with Crippen molar-refractivity contribution in [3.05, 3.63) is 199 Å². The highest BCUT2D eigenvalue weighted by molar-refractivity contribution is 6.24. The van der Waals surface area contributed by atoms with Crippen molar-refractivity contribution in [2.75, 3.05) is 4.90 Å². The van der Waals surface area contributed by atoms with Gasteiger partial charge in [-0.05, 0) is 70.1 Å². The van der Waals surface area contributed by atoms with Gasteiger partial charge in [-0.15, -0.1) is 0 Å². The molecule has 0 saturated heterocycles. The summed E-state index contributed by atoms with van der Waals surface area (Å²) in [5, 5.41) is -4.28. The first-order valence-electron chi connectivity index (χ1n) is 32.5. The Morgan fingerprint density at radius 1 is 0.345 bits per heavy atom. The fraction of sp³-hybridized carbons (Fsp3) is 0. The molecule has 0 unspecified atom stereocenters. The van der Waals surface area contributed by atoms with E-state index >= 15 is 0 Å². The number of para-hydroxylation sites is 2. The summed E-state index contributed by atoms with van der Waals surface area (Å²) in [6.07, 6.45) is 0. The molecule has 0 atom stereocenters. The van der Waals surface area contributed by atoms with Crippen molar-refractivity contribution in [3.8, 4) is 33.4 Å². The molecule has 0 spiro atoms. The normalized spacial score (nSPS) is 20.0. The molecule has 0 amide bonds. The SMILES string of the molecule is [2H]c1c([2H])c([2H])c(-c2c([2H])c([2H])c(N(c3c([2H])c([2H])c(-c4c([2H])c([2H])c([2H])c([2H])c4[2H])c([2H])c3[2H])c3c([2H])c4c(oc5c([2H])c([2H])c([2H])c(-c6c([2H])c([2H])c([2H])c7c6oc6c([2H])c([2H])c([2H])c([2H])c67)c54)c4c([2H])c([2H])c([2H])c([2H])c34)c([2H])c2[2H])c([2H])c1[2H]. The van der Waals surface area contributed by atoms with Gasteiger partial charge in [0.25, 0.3) is 0 Å². The van der Waals surface area contributed by atoms with Crippen molar-refractivity contribution in [1.82, 2.24) is 0 Å². The van der Waals surface area contributed by atoms with Crippen LogP contribution in [0.4, 0.5) is 17.1 Å². The van der Waals surface area contributed by atoms with Crippen LogP contribution >= 0.6 is 0 Å². The number of fused-ring (bicyclic) bond motifs is 8. The van der Waals surface area contributed by atoms with Gasteiger partial charge in [-0.1, -0.05) is 157 Å². The van der Waals surface area contributed by atoms with Crippen LogP contribution < -0.4 is 4.90 Å². The van der Waals surface area contributed by atoms with Crippen LogP contribution in [0.15, 0.2) is 208 Å². The van der Waals surface area contributed by atoms with Gasteiger partial charge in [-0.3, -0.25) is 0 Å². The highest BCUT2D eigenvalue weighted by atomic mass is 16.3. The van der Waals surface area contributed by atoms with Crippen molar-refractivity contribution in [2.24, 2.45) is 0 Å². The molecule has 3 nitrogen and oxygen atoms in total. The Bertz CT molecular complexity index is 4890. The molecule has 258 valence electrons. The molecule has 0 aliphatic heterocycles. The van der Waals surface area contributed by atoms with Crippen molar-refractivity contribution in [1.29, 1.82) is 0 Å². The minimum Gasteiger partial charge on any atom is -0.455 e. The molecule has 0 N–H and O–H groups in total. The molecule has 0 bridgehead atoms. The van der Waals surface area contributed by atoms with Crippen LogP contribution in [0.5, 0.6) is 0 Å². The maximum absolute atomic E-state index is 10.5. The summed E-state index contributed by atoms with van der Waals surface area (Å²) >= 11 is 0. The Hall–Kier alpha value is -7.36. The number of benzene rings is 9. The Labute approximate surface area is 364 Å². The van der Waals surface area contributed by atoms with Crippen molar-refractivity contribution >= 4 is 71.7 Å². The fourth-order valence-electron chi connectivity index (χ4n) is 6.14. The largest absolute Gasteiger partial charge is 0.455 e. The molecule has 0 aliphatic carbocycles. The average molecular weight is 737 g/mol. The summed E-state index contributed by atoms with van der Waals surface area (Å²) in [4.78, 5) is 0.344. The van der Waals surface area contributed by atoms with Gasteiger partial charge < -0.3 is 13.7 Å². The van der Waals surface area contributed by atoms with Crippen LogP contribution in [0.2, 0.25) is 0 Å². The smallest absolute Gasteiger partial charge is 0.143 e. The lowest BCUT2D eigenvalue weighted by atomic mass is 9.95. The predicted octanol–water partition coefficient (Wildman–Crippen LogP) is 15.1. The molecular formula is C52H33NO2. The average Bonchev–Trinajstić information content (AvgIpc) is 1.38. The van der Waals surface area contributed by atoms with Gasteiger partial charge in [0.15, 0.2) is 0 Å². The monoisotopic (exact) mass is 736 g/mol. The maximum atomic E-state index is 10.5. The van der Waals surface area contributed by atoms with Gasteiger partial charge in [0, 0.05) is 49.3 Å². The third-order valence-electron chi connectivity index (χ3n) is 8.50. The van der Waals surface area contributed by atoms with E-state index in [-0.39, 0.29) is 0 Å². The lowest BCUT2D eigenvalue weighted by molar-refractivity contribution is 0.670. The standard InChI is InChI=1S/C52H33NO2/c1-3-13-34(14-4-1)36-25-29-38(30-26-36)53(39-31-27-37(28-32-39)35-15-5-2-6-16-35)47-33-46-50-42(20-12-24-49(50)55-52(46)43-19-8-7-17-40(43)47)45-22-11-21-44-41-18-9-10-23-48(41)54-51(44)45/h1-33H/i1D,2D,3D,4D,5D,6D,7D,8D,9D,10D,11D,12D,13D,14D,15D,16D,17D,18D,19D,20D,21D,22D,23D,24D,25D,26D,27D,28D,29D,30D,31D,32D,33D. The number of hydrogen-bond donors (Lipinski definition) is 0. The van der Waals surface area contributed by atoms with Crippen LogP contribution in [0.3, 0.4) is 0 Å². The topological polar surface area (TPSA) is 29.5 Å². The van der Waals surface area contributed by atoms with E-state index in [9.17, 15) is 19.2 Å². The van der Waals surface area contributed by atoms with E-state index in [1.807, 2.05) is 0 Å². The van der Waals surface area contributed by atoms with E-state index in [4.69, 9.17) is 34.9 Å². The summed E-state index contributed by atoms with van der Waals surface area (Å²) in [5.74, 6) is 0. The number of rotatable bonds is 6. The van der Waals surface area contributed by atoms with Gasteiger partial charge >= 0.3 is 0 Å². The molecule has 2 aromatic heterocycles. The Morgan fingerprint density at radius 3 is 1.49 bits per heavy atom. The van der Waals surface area contributed by atoms with Crippen LogP contribution in [0.1, 0.15) is 45.2 Å². The zero-order valence-electron chi connectivity index (χ0n) is 60.3. The quantitative estimate of drug-likeness (QED) is 0.170. The molecule has 11 rings (SSSR count). The Kier molecular flexibility index (Phi) is 2.90. The Balaban J connectivity index is 1.42. The first-order chi connectivity index (χ1) is 41.0. The number of furan rings is 2. The fourth-order valence-corrected chi connectivity index (χ4v) is 6.14. The Morgan fingerprint density at radius 2 is 0.818 bits per heavy atom. The highest BCUT2D eigenvalue weighted by Gasteiger charge is 2.23. The zero-order chi connectivity index (χ0) is 65.0. The van der Waals surface area contributed by atoms with Gasteiger partial charge in [-0.2, -0.15) is 0 Å². The second-order valence-electron chi connectivity index (χ2n) is 11.5. The van der Waals surface area contributed by atoms with Gasteiger partial charge in [0.05, 0.1) is 50.9 Å². The van der Waals surface area contributed by atoms with Gasteiger partial charge in [0.1, 0.15) is 22.3 Å². The second kappa shape index (κ2) is 12.6. The van der Waals surface area contributed by atoms with Crippen LogP contribution in [0, 0.1) is 0 Å². The molecule has 3 heteroatoms. The molecule has 0 radical (unpaired) electrons. The highest BCUT2D eigenvalue weighted by Crippen LogP contribution is 2.48. The second-order valence-corrected chi connectivity index (χ2v) is 11.5. The van der Waals surface area contributed by atoms with Crippen LogP contribution in [-0.2, 0) is 0 Å². The first-order valence-corrected chi connectivity index (χ1v) is 16.0. The van der Waals surface area contributed by atoms with Gasteiger partial charge in [-0.25, -0.2) is 0 Å². The molecule has 2 heterocycles. The zero-order valence-corrected chi connectivity index (χ0v) is 27.3. The van der Waals surface area contributed by atoms with Crippen LogP contribution in [-0.4, -0.2) is 0 Å². The number of anilines is 3. The van der Waals surface area contributed by atoms with E-state index in [1.54, 1.807) is 0 Å². The molecule has 0 aliphatic rings. The van der Waals surface area contributed by atoms with Gasteiger partial charge in [0.2, 0.25) is 0 Å². The molecule has 0 saturated carbocycles. The van der Waals surface area contributed by atoms with Crippen molar-refractivity contribution < 1.29 is 54.1 Å². The van der Waals surface area contributed by atoms with Crippen LogP contribution in [0.25, 0.3) is 88.0 Å². The molecule has 55 heavy (non-hydrogen) atoms. The molecular weight excluding hydrogens is 671 g/mol. The van der Waals surface area contributed by atoms with Crippen molar-refractivity contribution in [3.63, 3.8) is 0 Å². The van der Waals surface area contributed by atoms with E-state index in [1.165, 1.54) is 0 Å². The third kappa shape index (κ3) is 5.13. The minimum atomic E-state index is -1.33. The summed E-state index contributed by atoms with van der Waals surface area (Å²) < 4.78 is 311. The third-order valence-corrected chi connectivity index (χ3v) is 8.50. The number of hydrogen-bond acceptors (Lipinski definition) is 3. The first kappa shape index (κ1) is 12.6. The molecule has 9 aromatic carbocycles. The predicted molar refractivity (Wildman–Crippen MR) is 229 cm³/mol. The van der Waals surface area contributed by atoms with E-state index < -0.39 is 304 Å². The summed E-state index contributed by atoms with van der Waals surface area (Å²) in [6, 6.07) is -34.8. The number of nitrogens with zero attached hydrogens (tertiary/aromatic N) is 1. The summed E-state index contributed by atoms with van der Waals surface area (Å²) in [6.45, 7) is 0. The van der Waals surface area contributed by atoms with Crippen molar-refractivity contribution in [2.45, 2.75) is 0 Å². The van der Waals surface area contributed by atoms with E-state index in [2.05, 4.69) is 0 Å². The lowest BCUT2D eigenvalue weighted by Gasteiger charge is -2.27. The maximum Gasteiger partial charge on any atom is 0.143 e. The molecule has 0 fully saturated rings. The van der Waals surface area contributed by atoms with E-state index in [0.29, 0.717) is 4.90 Å².